The molecule has 10 nitrogen and oxygen atoms in total. The highest BCUT2D eigenvalue weighted by atomic mass is 16.5. The van der Waals surface area contributed by atoms with E-state index in [2.05, 4.69) is 31.8 Å². The van der Waals surface area contributed by atoms with Gasteiger partial charge < -0.3 is 24.3 Å². The number of anilines is 1. The molecule has 2 saturated heterocycles. The summed E-state index contributed by atoms with van der Waals surface area (Å²) in [4.78, 5) is 33.0. The molecule has 1 amide bonds. The second kappa shape index (κ2) is 9.30. The molecule has 10 heteroatoms. The highest BCUT2D eigenvalue weighted by Gasteiger charge is 2.32. The highest BCUT2D eigenvalue weighted by molar-refractivity contribution is 5.86. The van der Waals surface area contributed by atoms with Gasteiger partial charge in [0.1, 0.15) is 12.2 Å². The zero-order valence-electron chi connectivity index (χ0n) is 19.0. The van der Waals surface area contributed by atoms with E-state index >= 15 is 0 Å². The van der Waals surface area contributed by atoms with E-state index in [1.807, 2.05) is 17.0 Å². The van der Waals surface area contributed by atoms with E-state index in [9.17, 15) is 4.79 Å². The molecular weight excluding hydrogens is 422 g/mol. The first-order chi connectivity index (χ1) is 16.2. The summed E-state index contributed by atoms with van der Waals surface area (Å²) in [5.41, 5.74) is 2.38. The first-order valence-corrected chi connectivity index (χ1v) is 11.5. The molecule has 2 aliphatic rings. The molecule has 33 heavy (non-hydrogen) atoms. The quantitative estimate of drug-likeness (QED) is 0.609. The molecule has 1 N–H and O–H groups in total. The number of carbonyl (C=O) groups is 1. The molecule has 5 rings (SSSR count). The van der Waals surface area contributed by atoms with Gasteiger partial charge in [-0.2, -0.15) is 0 Å². The van der Waals surface area contributed by atoms with Crippen molar-refractivity contribution in [2.24, 2.45) is 5.92 Å². The first-order valence-electron chi connectivity index (χ1n) is 11.5. The molecule has 0 bridgehead atoms. The van der Waals surface area contributed by atoms with Crippen molar-refractivity contribution in [1.29, 1.82) is 0 Å². The number of hydrogen-bond acceptors (Lipinski definition) is 8. The minimum absolute atomic E-state index is 0.0872. The van der Waals surface area contributed by atoms with Crippen LogP contribution in [0, 0.1) is 5.92 Å². The van der Waals surface area contributed by atoms with Gasteiger partial charge >= 0.3 is 0 Å². The van der Waals surface area contributed by atoms with Crippen molar-refractivity contribution in [3.8, 4) is 17.3 Å². The Hall–Kier alpha value is -3.27. The van der Waals surface area contributed by atoms with Crippen molar-refractivity contribution in [3.05, 3.63) is 24.7 Å². The number of ether oxygens (including phenoxy) is 2. The lowest BCUT2D eigenvalue weighted by Crippen LogP contribution is -2.38. The molecule has 0 saturated carbocycles. The molecule has 0 unspecified atom stereocenters. The molecule has 0 radical (unpaired) electrons. The van der Waals surface area contributed by atoms with E-state index in [0.29, 0.717) is 38.0 Å². The maximum Gasteiger partial charge on any atom is 0.225 e. The minimum atomic E-state index is 0.0872. The summed E-state index contributed by atoms with van der Waals surface area (Å²) in [6, 6.07) is 3.89. The van der Waals surface area contributed by atoms with Gasteiger partial charge in [0.15, 0.2) is 17.0 Å². The Kier molecular flexibility index (Phi) is 6.08. The van der Waals surface area contributed by atoms with Crippen LogP contribution in [0.3, 0.4) is 0 Å². The number of aromatic nitrogens is 5. The van der Waals surface area contributed by atoms with Crippen molar-refractivity contribution in [2.75, 3.05) is 38.7 Å². The Morgan fingerprint density at radius 3 is 2.79 bits per heavy atom. The molecule has 0 spiro atoms. The zero-order chi connectivity index (χ0) is 22.8. The topological polar surface area (TPSA) is 107 Å². The first kappa shape index (κ1) is 21.6. The number of hydrogen-bond donors (Lipinski definition) is 1. The third kappa shape index (κ3) is 4.22. The summed E-state index contributed by atoms with van der Waals surface area (Å²) in [5, 5.41) is 3.52. The maximum absolute atomic E-state index is 12.9. The SMILES string of the molecule is CCn1c(-c2ccc(OC)nc2)nc2c(N[C@H]3CCN(C(=O)C4CCOCC4)C3)ncnc21. The number of amides is 1. The van der Waals surface area contributed by atoms with E-state index in [0.717, 1.165) is 48.4 Å². The standard InChI is InChI=1S/C23H29N7O3/c1-3-30-21(16-4-5-18(32-2)24-12-16)28-19-20(25-14-26-22(19)30)27-17-6-9-29(13-17)23(31)15-7-10-33-11-8-15/h4-5,12,14-15,17H,3,6-11,13H2,1-2H3,(H,25,26,27)/t17-/m0/s1. The van der Waals surface area contributed by atoms with E-state index in [-0.39, 0.29) is 17.9 Å². The van der Waals surface area contributed by atoms with Crippen LogP contribution in [0.15, 0.2) is 24.7 Å². The molecule has 1 atom stereocenters. The summed E-state index contributed by atoms with van der Waals surface area (Å²) in [6.45, 7) is 5.56. The fourth-order valence-corrected chi connectivity index (χ4v) is 4.67. The summed E-state index contributed by atoms with van der Waals surface area (Å²) < 4.78 is 12.6. The van der Waals surface area contributed by atoms with Gasteiger partial charge in [-0.15, -0.1) is 0 Å². The maximum atomic E-state index is 12.9. The number of imidazole rings is 1. The number of methoxy groups -OCH3 is 1. The van der Waals surface area contributed by atoms with Gasteiger partial charge in [-0.1, -0.05) is 0 Å². The number of aryl methyl sites for hydroxylation is 1. The molecule has 2 fully saturated rings. The normalized spacial score (nSPS) is 19.2. The lowest BCUT2D eigenvalue weighted by atomic mass is 9.99. The summed E-state index contributed by atoms with van der Waals surface area (Å²) in [5.74, 6) is 2.37. The summed E-state index contributed by atoms with van der Waals surface area (Å²) in [7, 11) is 1.60. The third-order valence-corrected chi connectivity index (χ3v) is 6.46. The largest absolute Gasteiger partial charge is 0.481 e. The van der Waals surface area contributed by atoms with Gasteiger partial charge in [-0.25, -0.2) is 19.9 Å². The molecule has 0 aromatic carbocycles. The monoisotopic (exact) mass is 451 g/mol. The third-order valence-electron chi connectivity index (χ3n) is 6.46. The lowest BCUT2D eigenvalue weighted by Gasteiger charge is -2.26. The average molecular weight is 452 g/mol. The number of pyridine rings is 1. The van der Waals surface area contributed by atoms with Gasteiger partial charge in [0.25, 0.3) is 0 Å². The summed E-state index contributed by atoms with van der Waals surface area (Å²) in [6.07, 6.45) is 5.83. The number of likely N-dealkylation sites (tertiary alicyclic amines) is 1. The Bertz CT molecular complexity index is 1130. The fraction of sp³-hybridized carbons (Fsp3) is 0.522. The zero-order valence-corrected chi connectivity index (χ0v) is 19.0. The second-order valence-corrected chi connectivity index (χ2v) is 8.46. The van der Waals surface area contributed by atoms with Gasteiger partial charge in [-0.3, -0.25) is 4.79 Å². The smallest absolute Gasteiger partial charge is 0.225 e. The van der Waals surface area contributed by atoms with Crippen LogP contribution >= 0.6 is 0 Å². The second-order valence-electron chi connectivity index (χ2n) is 8.46. The molecule has 2 aliphatic heterocycles. The number of rotatable bonds is 6. The Morgan fingerprint density at radius 2 is 2.06 bits per heavy atom. The van der Waals surface area contributed by atoms with E-state index in [1.165, 1.54) is 0 Å². The predicted octanol–water partition coefficient (Wildman–Crippen LogP) is 2.36. The van der Waals surface area contributed by atoms with Crippen molar-refractivity contribution in [3.63, 3.8) is 0 Å². The Balaban J connectivity index is 1.36. The average Bonchev–Trinajstić information content (AvgIpc) is 3.49. The fourth-order valence-electron chi connectivity index (χ4n) is 4.67. The van der Waals surface area contributed by atoms with Crippen molar-refractivity contribution >= 4 is 22.9 Å². The number of carbonyl (C=O) groups excluding carboxylic acids is 1. The van der Waals surface area contributed by atoms with Crippen LogP contribution in [0.1, 0.15) is 26.2 Å². The van der Waals surface area contributed by atoms with Crippen molar-refractivity contribution < 1.29 is 14.3 Å². The molecular formula is C23H29N7O3. The number of nitrogens with zero attached hydrogens (tertiary/aromatic N) is 6. The molecule has 174 valence electrons. The van der Waals surface area contributed by atoms with Gasteiger partial charge in [0.05, 0.1) is 7.11 Å². The summed E-state index contributed by atoms with van der Waals surface area (Å²) >= 11 is 0. The van der Waals surface area contributed by atoms with Crippen LogP contribution in [-0.2, 0) is 16.1 Å². The number of fused-ring (bicyclic) bond motifs is 1. The van der Waals surface area contributed by atoms with Crippen LogP contribution < -0.4 is 10.1 Å². The van der Waals surface area contributed by atoms with E-state index in [4.69, 9.17) is 14.5 Å². The van der Waals surface area contributed by atoms with Crippen LogP contribution in [0.5, 0.6) is 5.88 Å². The molecule has 3 aromatic rings. The Labute approximate surface area is 192 Å². The molecule has 3 aromatic heterocycles. The van der Waals surface area contributed by atoms with Crippen LogP contribution in [-0.4, -0.2) is 74.8 Å². The van der Waals surface area contributed by atoms with E-state index < -0.39 is 0 Å². The molecule has 5 heterocycles. The van der Waals surface area contributed by atoms with Gasteiger partial charge in [0.2, 0.25) is 11.8 Å². The minimum Gasteiger partial charge on any atom is -0.481 e. The van der Waals surface area contributed by atoms with Crippen LogP contribution in [0.2, 0.25) is 0 Å². The lowest BCUT2D eigenvalue weighted by molar-refractivity contribution is -0.137. The van der Waals surface area contributed by atoms with Crippen LogP contribution in [0.4, 0.5) is 5.82 Å². The molecule has 0 aliphatic carbocycles. The number of nitrogens with one attached hydrogen (secondary N) is 1. The predicted molar refractivity (Wildman–Crippen MR) is 123 cm³/mol. The Morgan fingerprint density at radius 1 is 1.21 bits per heavy atom. The van der Waals surface area contributed by atoms with Crippen LogP contribution in [0.25, 0.3) is 22.6 Å². The highest BCUT2D eigenvalue weighted by Crippen LogP contribution is 2.29. The van der Waals surface area contributed by atoms with E-state index in [1.54, 1.807) is 19.6 Å². The van der Waals surface area contributed by atoms with Crippen molar-refractivity contribution in [1.82, 2.24) is 29.4 Å². The van der Waals surface area contributed by atoms with Gasteiger partial charge in [0, 0.05) is 62.6 Å². The van der Waals surface area contributed by atoms with Crippen molar-refractivity contribution in [2.45, 2.75) is 38.8 Å². The van der Waals surface area contributed by atoms with Gasteiger partial charge in [-0.05, 0) is 32.3 Å².